The fourth-order valence-electron chi connectivity index (χ4n) is 2.63. The number of nitrogens with zero attached hydrogens (tertiary/aromatic N) is 1. The van der Waals surface area contributed by atoms with Crippen LogP contribution in [0.5, 0.6) is 0 Å². The molecule has 98 valence electrons. The summed E-state index contributed by atoms with van der Waals surface area (Å²) in [7, 11) is 1.94. The molecule has 2 aliphatic carbocycles. The first-order chi connectivity index (χ1) is 7.98. The molecule has 17 heavy (non-hydrogen) atoms. The number of hydrogen-bond donors (Lipinski definition) is 1. The Labute approximate surface area is 105 Å². The molecular formula is C14H26N2O. The van der Waals surface area contributed by atoms with Gasteiger partial charge in [0.1, 0.15) is 0 Å². The fourth-order valence-corrected chi connectivity index (χ4v) is 2.63. The lowest BCUT2D eigenvalue weighted by Crippen LogP contribution is -2.42. The molecule has 0 bridgehead atoms. The summed E-state index contributed by atoms with van der Waals surface area (Å²) in [4.78, 5) is 13.8. The predicted octanol–water partition coefficient (Wildman–Crippen LogP) is 2.17. The number of carbonyl (C=O) groups is 1. The number of carbonyl (C=O) groups excluding carboxylic acids is 1. The third-order valence-corrected chi connectivity index (χ3v) is 4.37. The predicted molar refractivity (Wildman–Crippen MR) is 69.8 cm³/mol. The summed E-state index contributed by atoms with van der Waals surface area (Å²) in [6, 6.07) is 1.09. The van der Waals surface area contributed by atoms with Gasteiger partial charge in [-0.05, 0) is 43.9 Å². The second-order valence-electron chi connectivity index (χ2n) is 6.56. The molecular weight excluding hydrogens is 212 g/mol. The van der Waals surface area contributed by atoms with Gasteiger partial charge in [0.25, 0.3) is 0 Å². The summed E-state index contributed by atoms with van der Waals surface area (Å²) < 4.78 is 0. The lowest BCUT2D eigenvalue weighted by Gasteiger charge is -2.34. The van der Waals surface area contributed by atoms with Crippen LogP contribution in [0.1, 0.15) is 52.4 Å². The van der Waals surface area contributed by atoms with Crippen molar-refractivity contribution in [2.75, 3.05) is 13.6 Å². The molecule has 0 spiro atoms. The van der Waals surface area contributed by atoms with Crippen molar-refractivity contribution in [1.29, 1.82) is 0 Å². The Kier molecular flexibility index (Phi) is 3.76. The second kappa shape index (κ2) is 4.97. The number of amides is 1. The molecule has 0 aromatic carbocycles. The first kappa shape index (κ1) is 12.9. The summed E-state index contributed by atoms with van der Waals surface area (Å²) in [6.07, 6.45) is 7.37. The standard InChI is InChI=1S/C14H26N2O/c1-14(2)8-6-11(7-9-14)15-10-13(17)16(3)12-4-5-12/h11-12,15H,4-10H2,1-3H3. The highest BCUT2D eigenvalue weighted by molar-refractivity contribution is 5.78. The van der Waals surface area contributed by atoms with Gasteiger partial charge >= 0.3 is 0 Å². The summed E-state index contributed by atoms with van der Waals surface area (Å²) in [5.41, 5.74) is 0.507. The van der Waals surface area contributed by atoms with Crippen LogP contribution in [0, 0.1) is 5.41 Å². The molecule has 2 rings (SSSR count). The van der Waals surface area contributed by atoms with E-state index in [4.69, 9.17) is 0 Å². The zero-order valence-electron chi connectivity index (χ0n) is 11.5. The van der Waals surface area contributed by atoms with Gasteiger partial charge in [-0.25, -0.2) is 0 Å². The van der Waals surface area contributed by atoms with Gasteiger partial charge in [0.2, 0.25) is 5.91 Å². The Morgan fingerprint density at radius 2 is 1.82 bits per heavy atom. The average Bonchev–Trinajstić information content (AvgIpc) is 3.10. The van der Waals surface area contributed by atoms with E-state index in [1.54, 1.807) is 0 Å². The SMILES string of the molecule is CN(C(=O)CNC1CCC(C)(C)CC1)C1CC1. The van der Waals surface area contributed by atoms with Crippen LogP contribution in [-0.4, -0.2) is 36.5 Å². The third kappa shape index (κ3) is 3.70. The van der Waals surface area contributed by atoms with Gasteiger partial charge in [-0.1, -0.05) is 13.8 Å². The molecule has 0 aliphatic heterocycles. The molecule has 0 saturated heterocycles. The van der Waals surface area contributed by atoms with E-state index in [0.29, 0.717) is 24.0 Å². The number of likely N-dealkylation sites (N-methyl/N-ethyl adjacent to an activating group) is 1. The van der Waals surface area contributed by atoms with Crippen LogP contribution in [-0.2, 0) is 4.79 Å². The van der Waals surface area contributed by atoms with E-state index in [1.165, 1.54) is 38.5 Å². The van der Waals surface area contributed by atoms with Crippen molar-refractivity contribution < 1.29 is 4.79 Å². The molecule has 0 atom stereocenters. The van der Waals surface area contributed by atoms with E-state index in [1.807, 2.05) is 11.9 Å². The summed E-state index contributed by atoms with van der Waals surface area (Å²) >= 11 is 0. The molecule has 0 heterocycles. The lowest BCUT2D eigenvalue weighted by atomic mass is 9.75. The smallest absolute Gasteiger partial charge is 0.236 e. The van der Waals surface area contributed by atoms with E-state index in [-0.39, 0.29) is 5.91 Å². The zero-order chi connectivity index (χ0) is 12.5. The molecule has 1 N–H and O–H groups in total. The van der Waals surface area contributed by atoms with Crippen LogP contribution in [0.4, 0.5) is 0 Å². The number of rotatable bonds is 4. The third-order valence-electron chi connectivity index (χ3n) is 4.37. The molecule has 1 amide bonds. The van der Waals surface area contributed by atoms with E-state index < -0.39 is 0 Å². The minimum Gasteiger partial charge on any atom is -0.342 e. The Balaban J connectivity index is 1.66. The minimum absolute atomic E-state index is 0.261. The van der Waals surface area contributed by atoms with Crippen LogP contribution < -0.4 is 5.32 Å². The maximum absolute atomic E-state index is 11.9. The highest BCUT2D eigenvalue weighted by Crippen LogP contribution is 2.34. The zero-order valence-corrected chi connectivity index (χ0v) is 11.5. The van der Waals surface area contributed by atoms with Crippen LogP contribution in [0.3, 0.4) is 0 Å². The molecule has 0 aromatic rings. The largest absolute Gasteiger partial charge is 0.342 e. The van der Waals surface area contributed by atoms with Crippen molar-refractivity contribution in [2.24, 2.45) is 5.41 Å². The number of nitrogens with one attached hydrogen (secondary N) is 1. The minimum atomic E-state index is 0.261. The highest BCUT2D eigenvalue weighted by atomic mass is 16.2. The van der Waals surface area contributed by atoms with Gasteiger partial charge in [0.15, 0.2) is 0 Å². The Morgan fingerprint density at radius 3 is 2.35 bits per heavy atom. The summed E-state index contributed by atoms with van der Waals surface area (Å²) in [5.74, 6) is 0.261. The van der Waals surface area contributed by atoms with Gasteiger partial charge in [-0.15, -0.1) is 0 Å². The monoisotopic (exact) mass is 238 g/mol. The van der Waals surface area contributed by atoms with Crippen molar-refractivity contribution in [1.82, 2.24) is 10.2 Å². The maximum atomic E-state index is 11.9. The number of hydrogen-bond acceptors (Lipinski definition) is 2. The molecule has 3 nitrogen and oxygen atoms in total. The van der Waals surface area contributed by atoms with E-state index >= 15 is 0 Å². The van der Waals surface area contributed by atoms with Crippen LogP contribution in [0.25, 0.3) is 0 Å². The molecule has 2 fully saturated rings. The molecule has 3 heteroatoms. The average molecular weight is 238 g/mol. The Bertz CT molecular complexity index is 274. The van der Waals surface area contributed by atoms with E-state index in [0.717, 1.165) is 0 Å². The summed E-state index contributed by atoms with van der Waals surface area (Å²) in [6.45, 7) is 5.21. The van der Waals surface area contributed by atoms with E-state index in [2.05, 4.69) is 19.2 Å². The first-order valence-electron chi connectivity index (χ1n) is 6.97. The normalized spacial score (nSPS) is 24.6. The maximum Gasteiger partial charge on any atom is 0.236 e. The molecule has 2 saturated carbocycles. The van der Waals surface area contributed by atoms with Crippen LogP contribution in [0.15, 0.2) is 0 Å². The molecule has 0 unspecified atom stereocenters. The van der Waals surface area contributed by atoms with Gasteiger partial charge in [-0.3, -0.25) is 4.79 Å². The topological polar surface area (TPSA) is 32.3 Å². The molecule has 2 aliphatic rings. The Hall–Kier alpha value is -0.570. The van der Waals surface area contributed by atoms with Crippen molar-refractivity contribution in [3.63, 3.8) is 0 Å². The fraction of sp³-hybridized carbons (Fsp3) is 0.929. The van der Waals surface area contributed by atoms with Gasteiger partial charge in [0, 0.05) is 19.1 Å². The molecule has 0 radical (unpaired) electrons. The van der Waals surface area contributed by atoms with Gasteiger partial charge in [-0.2, -0.15) is 0 Å². The quantitative estimate of drug-likeness (QED) is 0.814. The van der Waals surface area contributed by atoms with Crippen LogP contribution in [0.2, 0.25) is 0 Å². The molecule has 0 aromatic heterocycles. The van der Waals surface area contributed by atoms with Crippen LogP contribution >= 0.6 is 0 Å². The highest BCUT2D eigenvalue weighted by Gasteiger charge is 2.30. The summed E-state index contributed by atoms with van der Waals surface area (Å²) in [5, 5.41) is 3.43. The first-order valence-corrected chi connectivity index (χ1v) is 6.97. The van der Waals surface area contributed by atoms with Crippen molar-refractivity contribution in [3.05, 3.63) is 0 Å². The Morgan fingerprint density at radius 1 is 1.24 bits per heavy atom. The van der Waals surface area contributed by atoms with Crippen molar-refractivity contribution >= 4 is 5.91 Å². The van der Waals surface area contributed by atoms with Gasteiger partial charge in [0.05, 0.1) is 6.54 Å². The lowest BCUT2D eigenvalue weighted by molar-refractivity contribution is -0.129. The second-order valence-corrected chi connectivity index (χ2v) is 6.56. The van der Waals surface area contributed by atoms with Crippen molar-refractivity contribution in [2.45, 2.75) is 64.5 Å². The van der Waals surface area contributed by atoms with Crippen molar-refractivity contribution in [3.8, 4) is 0 Å². The van der Waals surface area contributed by atoms with Gasteiger partial charge < -0.3 is 10.2 Å². The van der Waals surface area contributed by atoms with E-state index in [9.17, 15) is 4.79 Å².